The lowest BCUT2D eigenvalue weighted by atomic mass is 10.1. The van der Waals surface area contributed by atoms with Gasteiger partial charge in [-0.15, -0.1) is 11.8 Å². The van der Waals surface area contributed by atoms with E-state index >= 15 is 0 Å². The highest BCUT2D eigenvalue weighted by Crippen LogP contribution is 2.55. The normalized spacial score (nSPS) is 21.1. The second-order valence-corrected chi connectivity index (χ2v) is 9.20. The number of carbonyl (C=O) groups excluding carboxylic acids is 3. The van der Waals surface area contributed by atoms with Gasteiger partial charge in [0.1, 0.15) is 5.60 Å². The first-order valence-corrected chi connectivity index (χ1v) is 10.4. The molecule has 150 valence electrons. The molecule has 2 aliphatic heterocycles. The number of amides is 3. The number of carbonyl (C=O) groups is 3. The van der Waals surface area contributed by atoms with Gasteiger partial charge in [-0.2, -0.15) is 0 Å². The SMILES string of the molecule is CC(C)(C)OC(=O)N1C(=O)CS[C@]12C(=O)N(Cc1ccccc1)c1ccccc12. The van der Waals surface area contributed by atoms with E-state index in [9.17, 15) is 14.4 Å². The predicted octanol–water partition coefficient (Wildman–Crippen LogP) is 3.90. The number of hydrogen-bond acceptors (Lipinski definition) is 5. The highest BCUT2D eigenvalue weighted by molar-refractivity contribution is 8.02. The van der Waals surface area contributed by atoms with Crippen molar-refractivity contribution in [1.82, 2.24) is 4.90 Å². The van der Waals surface area contributed by atoms with Gasteiger partial charge >= 0.3 is 6.09 Å². The van der Waals surface area contributed by atoms with Gasteiger partial charge in [0, 0.05) is 5.56 Å². The summed E-state index contributed by atoms with van der Waals surface area (Å²) in [6, 6.07) is 17.0. The molecule has 0 unspecified atom stereocenters. The molecule has 29 heavy (non-hydrogen) atoms. The molecule has 7 heteroatoms. The first-order chi connectivity index (χ1) is 13.7. The lowest BCUT2D eigenvalue weighted by molar-refractivity contribution is -0.136. The summed E-state index contributed by atoms with van der Waals surface area (Å²) in [4.78, 5) is 40.6. The number of thioether (sulfide) groups is 1. The van der Waals surface area contributed by atoms with Crippen LogP contribution in [-0.4, -0.2) is 34.2 Å². The fraction of sp³-hybridized carbons (Fsp3) is 0.318. The number of rotatable bonds is 2. The van der Waals surface area contributed by atoms with E-state index in [1.807, 2.05) is 48.5 Å². The molecule has 2 aromatic carbocycles. The van der Waals surface area contributed by atoms with Gasteiger partial charge in [-0.05, 0) is 32.4 Å². The predicted molar refractivity (Wildman–Crippen MR) is 111 cm³/mol. The third-order valence-electron chi connectivity index (χ3n) is 4.82. The average molecular weight is 410 g/mol. The van der Waals surface area contributed by atoms with Gasteiger partial charge in [-0.25, -0.2) is 9.69 Å². The summed E-state index contributed by atoms with van der Waals surface area (Å²) in [5.74, 6) is -0.684. The first-order valence-electron chi connectivity index (χ1n) is 9.39. The van der Waals surface area contributed by atoms with Gasteiger partial charge in [0.15, 0.2) is 0 Å². The van der Waals surface area contributed by atoms with Crippen molar-refractivity contribution in [2.75, 3.05) is 10.7 Å². The maximum absolute atomic E-state index is 13.7. The molecule has 0 aromatic heterocycles. The Hall–Kier alpha value is -2.80. The van der Waals surface area contributed by atoms with Crippen LogP contribution in [0.15, 0.2) is 54.6 Å². The van der Waals surface area contributed by atoms with Crippen molar-refractivity contribution in [2.45, 2.75) is 37.8 Å². The van der Waals surface area contributed by atoms with E-state index in [0.717, 1.165) is 10.5 Å². The minimum Gasteiger partial charge on any atom is -0.443 e. The lowest BCUT2D eigenvalue weighted by Crippen LogP contribution is -2.53. The number of benzene rings is 2. The molecular formula is C22H22N2O4S. The third-order valence-corrected chi connectivity index (χ3v) is 6.21. The standard InChI is InChI=1S/C22H22N2O4S/c1-21(2,3)28-20(27)24-18(25)14-29-22(24)16-11-7-8-12-17(16)23(19(22)26)13-15-9-5-4-6-10-15/h4-12H,13-14H2,1-3H3/t22-/m1/s1. The quantitative estimate of drug-likeness (QED) is 0.751. The fourth-order valence-electron chi connectivity index (χ4n) is 3.69. The number of anilines is 1. The van der Waals surface area contributed by atoms with Crippen LogP contribution >= 0.6 is 11.8 Å². The number of ether oxygens (including phenoxy) is 1. The number of nitrogens with zero attached hydrogens (tertiary/aromatic N) is 2. The highest BCUT2D eigenvalue weighted by Gasteiger charge is 2.63. The summed E-state index contributed by atoms with van der Waals surface area (Å²) >= 11 is 1.17. The van der Waals surface area contributed by atoms with Gasteiger partial charge in [0.05, 0.1) is 18.0 Å². The molecule has 2 heterocycles. The van der Waals surface area contributed by atoms with Crippen LogP contribution in [0.3, 0.4) is 0 Å². The maximum Gasteiger partial charge on any atom is 0.419 e. The Balaban J connectivity index is 1.79. The minimum atomic E-state index is -1.43. The molecule has 1 spiro atoms. The van der Waals surface area contributed by atoms with E-state index in [1.54, 1.807) is 31.7 Å². The van der Waals surface area contributed by atoms with Crippen LogP contribution in [0, 0.1) is 0 Å². The van der Waals surface area contributed by atoms with Crippen LogP contribution in [-0.2, 0) is 25.7 Å². The van der Waals surface area contributed by atoms with Gasteiger partial charge in [0.2, 0.25) is 10.8 Å². The zero-order valence-electron chi connectivity index (χ0n) is 16.5. The molecule has 0 N–H and O–H groups in total. The lowest BCUT2D eigenvalue weighted by Gasteiger charge is -2.33. The Morgan fingerprint density at radius 2 is 1.72 bits per heavy atom. The number of imide groups is 1. The Morgan fingerprint density at radius 1 is 1.07 bits per heavy atom. The number of fused-ring (bicyclic) bond motifs is 2. The second kappa shape index (κ2) is 6.91. The van der Waals surface area contributed by atoms with E-state index in [1.165, 1.54) is 11.8 Å². The van der Waals surface area contributed by atoms with Crippen LogP contribution in [0.2, 0.25) is 0 Å². The topological polar surface area (TPSA) is 66.9 Å². The number of hydrogen-bond donors (Lipinski definition) is 0. The summed E-state index contributed by atoms with van der Waals surface area (Å²) in [6.07, 6.45) is -0.794. The van der Waals surface area contributed by atoms with Crippen LogP contribution in [0.1, 0.15) is 31.9 Å². The van der Waals surface area contributed by atoms with Crippen LogP contribution in [0.5, 0.6) is 0 Å². The fourth-order valence-corrected chi connectivity index (χ4v) is 5.02. The van der Waals surface area contributed by atoms with E-state index < -0.39 is 22.5 Å². The van der Waals surface area contributed by atoms with Crippen molar-refractivity contribution >= 4 is 35.4 Å². The van der Waals surface area contributed by atoms with Crippen molar-refractivity contribution in [3.63, 3.8) is 0 Å². The molecule has 6 nitrogen and oxygen atoms in total. The Kier molecular flexibility index (Phi) is 4.65. The molecule has 1 fully saturated rings. The third kappa shape index (κ3) is 3.19. The monoisotopic (exact) mass is 410 g/mol. The minimum absolute atomic E-state index is 0.0402. The molecule has 3 amide bonds. The summed E-state index contributed by atoms with van der Waals surface area (Å²) in [7, 11) is 0. The molecule has 4 rings (SSSR count). The summed E-state index contributed by atoms with van der Waals surface area (Å²) < 4.78 is 5.48. The van der Waals surface area contributed by atoms with E-state index in [-0.39, 0.29) is 11.7 Å². The molecule has 1 saturated heterocycles. The molecule has 2 aromatic rings. The van der Waals surface area contributed by atoms with Crippen molar-refractivity contribution in [2.24, 2.45) is 0 Å². The zero-order valence-corrected chi connectivity index (χ0v) is 17.4. The summed E-state index contributed by atoms with van der Waals surface area (Å²) in [5.41, 5.74) is 1.53. The maximum atomic E-state index is 13.7. The molecule has 2 aliphatic rings. The number of para-hydroxylation sites is 1. The Labute approximate surface area is 173 Å². The van der Waals surface area contributed by atoms with E-state index in [0.29, 0.717) is 17.8 Å². The summed E-state index contributed by atoms with van der Waals surface area (Å²) in [6.45, 7) is 5.56. The Bertz CT molecular complexity index is 986. The van der Waals surface area contributed by atoms with Gasteiger partial charge in [0.25, 0.3) is 5.91 Å². The van der Waals surface area contributed by atoms with E-state index in [2.05, 4.69) is 0 Å². The van der Waals surface area contributed by atoms with Gasteiger partial charge < -0.3 is 9.64 Å². The van der Waals surface area contributed by atoms with E-state index in [4.69, 9.17) is 4.74 Å². The molecular weight excluding hydrogens is 388 g/mol. The zero-order chi connectivity index (χ0) is 20.8. The molecule has 1 atom stereocenters. The van der Waals surface area contributed by atoms with Crippen LogP contribution < -0.4 is 4.90 Å². The molecule has 0 aliphatic carbocycles. The van der Waals surface area contributed by atoms with Gasteiger partial charge in [-0.3, -0.25) is 9.59 Å². The van der Waals surface area contributed by atoms with Gasteiger partial charge in [-0.1, -0.05) is 48.5 Å². The van der Waals surface area contributed by atoms with Crippen LogP contribution in [0.25, 0.3) is 0 Å². The van der Waals surface area contributed by atoms with Crippen molar-refractivity contribution in [3.8, 4) is 0 Å². The largest absolute Gasteiger partial charge is 0.443 e. The highest BCUT2D eigenvalue weighted by atomic mass is 32.2. The Morgan fingerprint density at radius 3 is 2.41 bits per heavy atom. The smallest absolute Gasteiger partial charge is 0.419 e. The molecule has 0 radical (unpaired) electrons. The van der Waals surface area contributed by atoms with Crippen molar-refractivity contribution in [1.29, 1.82) is 0 Å². The molecule has 0 bridgehead atoms. The molecule has 0 saturated carbocycles. The second-order valence-electron chi connectivity index (χ2n) is 8.04. The summed E-state index contributed by atoms with van der Waals surface area (Å²) in [5, 5.41) is 0. The van der Waals surface area contributed by atoms with Crippen molar-refractivity contribution < 1.29 is 19.1 Å². The van der Waals surface area contributed by atoms with Crippen LogP contribution in [0.4, 0.5) is 10.5 Å². The average Bonchev–Trinajstić information content (AvgIpc) is 3.13. The first kappa shape index (κ1) is 19.5. The van der Waals surface area contributed by atoms with Crippen molar-refractivity contribution in [3.05, 3.63) is 65.7 Å².